The summed E-state index contributed by atoms with van der Waals surface area (Å²) in [6.45, 7) is 0. The number of hydrogen-bond donors (Lipinski definition) is 2. The summed E-state index contributed by atoms with van der Waals surface area (Å²) in [5.41, 5.74) is 0.586. The van der Waals surface area contributed by atoms with Crippen LogP contribution in [-0.4, -0.2) is 54.7 Å². The minimum Gasteiger partial charge on any atom is -0.489 e. The van der Waals surface area contributed by atoms with Crippen LogP contribution in [0.15, 0.2) is 71.8 Å². The van der Waals surface area contributed by atoms with E-state index < -0.39 is 36.2 Å². The van der Waals surface area contributed by atoms with Crippen molar-refractivity contribution in [3.63, 3.8) is 0 Å². The molecule has 1 aliphatic rings. The zero-order chi connectivity index (χ0) is 22.4. The number of benzene rings is 2. The lowest BCUT2D eigenvalue weighted by Gasteiger charge is -2.38. The minimum atomic E-state index is -1.36. The van der Waals surface area contributed by atoms with Crippen molar-refractivity contribution in [2.24, 2.45) is 5.92 Å². The van der Waals surface area contributed by atoms with E-state index in [2.05, 4.69) is 0 Å². The standard InChI is InChI=1S/C24H26O7/c1-29-23(27)21-18(26)14-17(25)20(22(21)24(28)30-2)19(13-15-9-5-3-6-10-15)31-16-11-7-4-8-12-16/h3-12,17-20,25-26H,13-14H2,1-2H3. The highest BCUT2D eigenvalue weighted by Crippen LogP contribution is 2.37. The average Bonchev–Trinajstić information content (AvgIpc) is 2.78. The number of methoxy groups -OCH3 is 2. The lowest BCUT2D eigenvalue weighted by atomic mass is 9.74. The second kappa shape index (κ2) is 10.2. The molecule has 2 N–H and O–H groups in total. The molecule has 0 fully saturated rings. The summed E-state index contributed by atoms with van der Waals surface area (Å²) in [6, 6.07) is 18.5. The van der Waals surface area contributed by atoms with Crippen LogP contribution in [0.25, 0.3) is 0 Å². The molecule has 0 bridgehead atoms. The summed E-state index contributed by atoms with van der Waals surface area (Å²) in [7, 11) is 2.35. The van der Waals surface area contributed by atoms with Crippen LogP contribution in [0, 0.1) is 5.92 Å². The SMILES string of the molecule is COC(=O)C1=C(C(=O)OC)C(C(Cc2ccccc2)Oc2ccccc2)C(O)CC1O. The third-order valence-corrected chi connectivity index (χ3v) is 5.36. The Morgan fingerprint density at radius 3 is 2.03 bits per heavy atom. The van der Waals surface area contributed by atoms with Gasteiger partial charge in [0.05, 0.1) is 43.5 Å². The Morgan fingerprint density at radius 2 is 1.45 bits per heavy atom. The van der Waals surface area contributed by atoms with E-state index in [0.29, 0.717) is 12.2 Å². The first-order chi connectivity index (χ1) is 15.0. The van der Waals surface area contributed by atoms with Crippen molar-refractivity contribution in [1.29, 1.82) is 0 Å². The van der Waals surface area contributed by atoms with Gasteiger partial charge < -0.3 is 24.4 Å². The molecular weight excluding hydrogens is 400 g/mol. The van der Waals surface area contributed by atoms with Gasteiger partial charge in [-0.15, -0.1) is 0 Å². The summed E-state index contributed by atoms with van der Waals surface area (Å²) >= 11 is 0. The molecule has 7 nitrogen and oxygen atoms in total. The number of rotatable bonds is 7. The second-order valence-electron chi connectivity index (χ2n) is 7.31. The Hall–Kier alpha value is -3.16. The maximum atomic E-state index is 12.7. The van der Waals surface area contributed by atoms with Gasteiger partial charge in [-0.3, -0.25) is 0 Å². The molecule has 31 heavy (non-hydrogen) atoms. The van der Waals surface area contributed by atoms with E-state index in [1.807, 2.05) is 48.5 Å². The fourth-order valence-corrected chi connectivity index (χ4v) is 3.95. The molecule has 0 aliphatic heterocycles. The van der Waals surface area contributed by atoms with Crippen LogP contribution in [0.2, 0.25) is 0 Å². The van der Waals surface area contributed by atoms with E-state index in [-0.39, 0.29) is 17.6 Å². The van der Waals surface area contributed by atoms with Crippen molar-refractivity contribution >= 4 is 11.9 Å². The third kappa shape index (κ3) is 5.13. The van der Waals surface area contributed by atoms with Crippen molar-refractivity contribution in [2.75, 3.05) is 14.2 Å². The fraction of sp³-hybridized carbons (Fsp3) is 0.333. The summed E-state index contributed by atoms with van der Waals surface area (Å²) in [6.07, 6.45) is -3.01. The van der Waals surface area contributed by atoms with Crippen molar-refractivity contribution in [1.82, 2.24) is 0 Å². The molecule has 2 aromatic carbocycles. The van der Waals surface area contributed by atoms with Gasteiger partial charge in [0, 0.05) is 12.8 Å². The van der Waals surface area contributed by atoms with Crippen molar-refractivity contribution in [2.45, 2.75) is 31.2 Å². The van der Waals surface area contributed by atoms with E-state index in [1.54, 1.807) is 12.1 Å². The van der Waals surface area contributed by atoms with E-state index in [4.69, 9.17) is 14.2 Å². The number of hydrogen-bond acceptors (Lipinski definition) is 7. The first-order valence-corrected chi connectivity index (χ1v) is 9.98. The zero-order valence-corrected chi connectivity index (χ0v) is 17.4. The van der Waals surface area contributed by atoms with Crippen molar-refractivity contribution in [3.8, 4) is 5.75 Å². The number of aliphatic hydroxyl groups excluding tert-OH is 2. The number of carbonyl (C=O) groups excluding carboxylic acids is 2. The van der Waals surface area contributed by atoms with Crippen LogP contribution in [-0.2, 0) is 25.5 Å². The number of aliphatic hydroxyl groups is 2. The molecule has 4 atom stereocenters. The van der Waals surface area contributed by atoms with Crippen LogP contribution in [0.4, 0.5) is 0 Å². The Kier molecular flexibility index (Phi) is 7.44. The van der Waals surface area contributed by atoms with Crippen molar-refractivity contribution < 1.29 is 34.0 Å². The van der Waals surface area contributed by atoms with Gasteiger partial charge in [0.2, 0.25) is 0 Å². The maximum Gasteiger partial charge on any atom is 0.336 e. The largest absolute Gasteiger partial charge is 0.489 e. The third-order valence-electron chi connectivity index (χ3n) is 5.36. The molecule has 7 heteroatoms. The number of esters is 2. The first kappa shape index (κ1) is 22.5. The molecule has 0 radical (unpaired) electrons. The fourth-order valence-electron chi connectivity index (χ4n) is 3.95. The highest BCUT2D eigenvalue weighted by atomic mass is 16.5. The van der Waals surface area contributed by atoms with Gasteiger partial charge in [0.1, 0.15) is 11.9 Å². The Balaban J connectivity index is 2.11. The number of para-hydroxylation sites is 1. The maximum absolute atomic E-state index is 12.7. The second-order valence-corrected chi connectivity index (χ2v) is 7.31. The normalized spacial score (nSPS) is 21.9. The van der Waals surface area contributed by atoms with E-state index in [0.717, 1.165) is 5.56 Å². The van der Waals surface area contributed by atoms with Crippen molar-refractivity contribution in [3.05, 3.63) is 77.4 Å². The van der Waals surface area contributed by atoms with Gasteiger partial charge in [0.15, 0.2) is 0 Å². The van der Waals surface area contributed by atoms with Crippen LogP contribution in [0.5, 0.6) is 5.75 Å². The molecule has 4 unspecified atom stereocenters. The van der Waals surface area contributed by atoms with Crippen LogP contribution < -0.4 is 4.74 Å². The topological polar surface area (TPSA) is 102 Å². The van der Waals surface area contributed by atoms with E-state index >= 15 is 0 Å². The Bertz CT molecular complexity index is 882. The smallest absolute Gasteiger partial charge is 0.336 e. The molecule has 0 aromatic heterocycles. The van der Waals surface area contributed by atoms with Crippen LogP contribution >= 0.6 is 0 Å². The van der Waals surface area contributed by atoms with E-state index in [1.165, 1.54) is 14.2 Å². The molecule has 164 valence electrons. The quantitative estimate of drug-likeness (QED) is 0.654. The summed E-state index contributed by atoms with van der Waals surface area (Å²) in [5.74, 6) is -2.04. The van der Waals surface area contributed by atoms with Crippen LogP contribution in [0.1, 0.15) is 12.0 Å². The Labute approximate surface area is 180 Å². The molecule has 1 aliphatic carbocycles. The van der Waals surface area contributed by atoms with Gasteiger partial charge >= 0.3 is 11.9 Å². The lowest BCUT2D eigenvalue weighted by molar-refractivity contribution is -0.143. The summed E-state index contributed by atoms with van der Waals surface area (Å²) in [4.78, 5) is 25.2. The molecule has 0 saturated heterocycles. The highest BCUT2D eigenvalue weighted by Gasteiger charge is 2.46. The Morgan fingerprint density at radius 1 is 0.903 bits per heavy atom. The molecular formula is C24H26O7. The van der Waals surface area contributed by atoms with Gasteiger partial charge in [-0.1, -0.05) is 48.5 Å². The summed E-state index contributed by atoms with van der Waals surface area (Å²) < 4.78 is 15.9. The predicted octanol–water partition coefficient (Wildman–Crippen LogP) is 2.06. The van der Waals surface area contributed by atoms with Gasteiger partial charge in [0.25, 0.3) is 0 Å². The molecule has 0 heterocycles. The number of carbonyl (C=O) groups is 2. The molecule has 2 aromatic rings. The molecule has 0 saturated carbocycles. The van der Waals surface area contributed by atoms with Crippen LogP contribution in [0.3, 0.4) is 0 Å². The zero-order valence-electron chi connectivity index (χ0n) is 17.4. The summed E-state index contributed by atoms with van der Waals surface area (Å²) in [5, 5.41) is 21.4. The number of ether oxygens (including phenoxy) is 3. The monoisotopic (exact) mass is 426 g/mol. The lowest BCUT2D eigenvalue weighted by Crippen LogP contribution is -2.47. The minimum absolute atomic E-state index is 0.127. The van der Waals surface area contributed by atoms with Gasteiger partial charge in [-0.2, -0.15) is 0 Å². The molecule has 0 amide bonds. The van der Waals surface area contributed by atoms with Gasteiger partial charge in [-0.05, 0) is 17.7 Å². The molecule has 3 rings (SSSR count). The molecule has 0 spiro atoms. The van der Waals surface area contributed by atoms with E-state index in [9.17, 15) is 19.8 Å². The highest BCUT2D eigenvalue weighted by molar-refractivity contribution is 6.02. The first-order valence-electron chi connectivity index (χ1n) is 9.98. The average molecular weight is 426 g/mol. The predicted molar refractivity (Wildman–Crippen MR) is 112 cm³/mol. The van der Waals surface area contributed by atoms with Gasteiger partial charge in [-0.25, -0.2) is 9.59 Å².